The molecule has 0 N–H and O–H groups in total. The molecule has 1 aliphatic carbocycles. The van der Waals surface area contributed by atoms with Gasteiger partial charge in [0.2, 0.25) is 0 Å². The quantitative estimate of drug-likeness (QED) is 0.120. The third-order valence-corrected chi connectivity index (χ3v) is 26.2. The van der Waals surface area contributed by atoms with Crippen LogP contribution in [0.3, 0.4) is 0 Å². The largest absolute Gasteiger partial charge is 0.458 e. The Kier molecular flexibility index (Phi) is 15.9. The van der Waals surface area contributed by atoms with E-state index >= 15 is 0 Å². The zero-order valence-electron chi connectivity index (χ0n) is 67.2. The molecular formula is C113H79B2N5O. The number of benzene rings is 18. The summed E-state index contributed by atoms with van der Waals surface area (Å²) in [6, 6.07) is 159. The molecule has 18 aromatic rings. The summed E-state index contributed by atoms with van der Waals surface area (Å²) in [7, 11) is 0. The normalized spacial score (nSPS) is 13.6. The van der Waals surface area contributed by atoms with E-state index < -0.39 is 5.41 Å². The number of para-hydroxylation sites is 8. The Morgan fingerprint density at radius 2 is 0.669 bits per heavy atom. The van der Waals surface area contributed by atoms with Gasteiger partial charge in [0, 0.05) is 85.6 Å². The highest BCUT2D eigenvalue weighted by Crippen LogP contribution is 2.66. The molecular weight excluding hydrogens is 1460 g/mol. The maximum absolute atomic E-state index is 8.23. The van der Waals surface area contributed by atoms with Crippen molar-refractivity contribution in [2.24, 2.45) is 0 Å². The Morgan fingerprint density at radius 1 is 0.256 bits per heavy atom. The van der Waals surface area contributed by atoms with Crippen LogP contribution in [0, 0.1) is 0 Å². The summed E-state index contributed by atoms with van der Waals surface area (Å²) in [6.45, 7) is 6.55. The second-order valence-electron chi connectivity index (χ2n) is 33.7. The predicted molar refractivity (Wildman–Crippen MR) is 507 cm³/mol. The Labute approximate surface area is 707 Å². The van der Waals surface area contributed by atoms with Crippen LogP contribution in [0.2, 0.25) is 0 Å². The standard InChI is InChI=1S/C113H79B2N5O/c1-112(2,3)78-66-104-109-105(67-78)120(111-85(76-42-15-6-16-43-76)56-37-57-86(111)77-44-17-7-18-45-77)103-72-101-91(70-95(103)114(109)93-60-31-35-64-99(93)117(104)80-48-21-9-22-49-80)113(89-58-29-25-54-87(89)88-55-26-30-59-90(88)113)92-71-96-107(73-102(92)118(101)81-50-23-10-24-51-81)121-108-69-82(116(79-46-19-8-20-47-79)97-62-33-27-52-83(97)74-38-11-4-12-39-74)68-106-110(108)115(96)94-61-32-36-65-100(94)119(106)98-63-34-28-53-84(98)75-40-13-5-14-41-75/h4-73H,1-3H3. The maximum atomic E-state index is 8.23. The SMILES string of the molecule is CC(C)(C)c1cc2c3c(c1)N(c1c(-c4ccccc4)cccc1-c1ccccc1)c1cc4c(cc1B3c1ccccc1N2c1ccccc1)C1(c2ccccc2-c2ccccc21)c1cc2c(cc1N4c1ccccc1)Oc1cc(N(c3ccccc3)c3ccccc3-c3ccccc3)cc3c1B2c1ccccc1N3c1ccccc1-c1ccccc1. The van der Waals surface area contributed by atoms with E-state index in [2.05, 4.69) is 470 Å². The molecule has 0 radical (unpaired) electrons. The summed E-state index contributed by atoms with van der Waals surface area (Å²) >= 11 is 0. The fraction of sp³-hybridized carbons (Fsp3) is 0.0442. The van der Waals surface area contributed by atoms with E-state index in [-0.39, 0.29) is 18.8 Å². The van der Waals surface area contributed by atoms with Crippen molar-refractivity contribution < 1.29 is 4.74 Å². The molecule has 0 aromatic heterocycles. The average molecular weight is 1540 g/mol. The predicted octanol–water partition coefficient (Wildman–Crippen LogP) is 25.8. The molecule has 121 heavy (non-hydrogen) atoms. The van der Waals surface area contributed by atoms with E-state index in [1.54, 1.807) is 0 Å². The van der Waals surface area contributed by atoms with Crippen molar-refractivity contribution >= 4 is 132 Å². The lowest BCUT2D eigenvalue weighted by atomic mass is 9.33. The maximum Gasteiger partial charge on any atom is 0.256 e. The molecule has 5 heterocycles. The van der Waals surface area contributed by atoms with Gasteiger partial charge in [-0.25, -0.2) is 0 Å². The van der Waals surface area contributed by atoms with E-state index in [1.165, 1.54) is 66.5 Å². The van der Waals surface area contributed by atoms with Crippen LogP contribution in [0.1, 0.15) is 48.6 Å². The molecule has 0 unspecified atom stereocenters. The van der Waals surface area contributed by atoms with Crippen LogP contribution in [0.15, 0.2) is 425 Å². The summed E-state index contributed by atoms with van der Waals surface area (Å²) in [6.07, 6.45) is 0. The van der Waals surface area contributed by atoms with Crippen molar-refractivity contribution in [1.82, 2.24) is 0 Å². The Bertz CT molecular complexity index is 7100. The second-order valence-corrected chi connectivity index (χ2v) is 33.7. The van der Waals surface area contributed by atoms with E-state index in [9.17, 15) is 0 Å². The summed E-state index contributed by atoms with van der Waals surface area (Å²) in [5, 5.41) is 0. The summed E-state index contributed by atoms with van der Waals surface area (Å²) in [4.78, 5) is 12.9. The van der Waals surface area contributed by atoms with Crippen molar-refractivity contribution in [2.45, 2.75) is 31.6 Å². The van der Waals surface area contributed by atoms with Gasteiger partial charge >= 0.3 is 0 Å². The van der Waals surface area contributed by atoms with Gasteiger partial charge in [0.15, 0.2) is 0 Å². The minimum absolute atomic E-state index is 0.249. The van der Waals surface area contributed by atoms with Crippen LogP contribution in [-0.2, 0) is 10.8 Å². The molecule has 0 saturated carbocycles. The summed E-state index contributed by atoms with van der Waals surface area (Å²) in [5.74, 6) is 1.58. The fourth-order valence-corrected chi connectivity index (χ4v) is 21.1. The first-order valence-corrected chi connectivity index (χ1v) is 42.2. The van der Waals surface area contributed by atoms with Gasteiger partial charge in [-0.15, -0.1) is 0 Å². The van der Waals surface area contributed by atoms with Gasteiger partial charge in [0.1, 0.15) is 11.5 Å². The Hall–Kier alpha value is -15.1. The van der Waals surface area contributed by atoms with Crippen LogP contribution in [0.5, 0.6) is 11.5 Å². The summed E-state index contributed by atoms with van der Waals surface area (Å²) in [5.41, 5.74) is 39.6. The van der Waals surface area contributed by atoms with Crippen LogP contribution < -0.4 is 62.0 Å². The average Bonchev–Trinajstić information content (AvgIpc) is 1.64. The van der Waals surface area contributed by atoms with Gasteiger partial charge < -0.3 is 29.2 Å². The first-order chi connectivity index (χ1) is 59.7. The first-order valence-electron chi connectivity index (χ1n) is 42.2. The van der Waals surface area contributed by atoms with E-state index in [4.69, 9.17) is 4.74 Å². The lowest BCUT2D eigenvalue weighted by molar-refractivity contribution is 0.487. The van der Waals surface area contributed by atoms with E-state index in [0.717, 1.165) is 147 Å². The van der Waals surface area contributed by atoms with Gasteiger partial charge in [-0.1, -0.05) is 348 Å². The van der Waals surface area contributed by atoms with Crippen molar-refractivity contribution in [1.29, 1.82) is 0 Å². The third kappa shape index (κ3) is 10.7. The highest BCUT2D eigenvalue weighted by molar-refractivity contribution is 7.01. The number of hydrogen-bond acceptors (Lipinski definition) is 6. The van der Waals surface area contributed by atoms with Gasteiger partial charge in [-0.2, -0.15) is 0 Å². The van der Waals surface area contributed by atoms with Crippen molar-refractivity contribution in [3.8, 4) is 67.1 Å². The highest BCUT2D eigenvalue weighted by Gasteiger charge is 2.56. The Morgan fingerprint density at radius 3 is 1.24 bits per heavy atom. The number of nitrogens with zero attached hydrogens (tertiary/aromatic N) is 5. The van der Waals surface area contributed by atoms with Crippen LogP contribution in [0.4, 0.5) is 85.3 Å². The molecule has 24 rings (SSSR count). The van der Waals surface area contributed by atoms with Crippen molar-refractivity contribution in [2.75, 3.05) is 24.5 Å². The van der Waals surface area contributed by atoms with Crippen LogP contribution in [-0.4, -0.2) is 13.4 Å². The van der Waals surface area contributed by atoms with Crippen LogP contribution >= 0.6 is 0 Å². The first kappa shape index (κ1) is 70.1. The number of fused-ring (bicyclic) bond motifs is 17. The van der Waals surface area contributed by atoms with Crippen LogP contribution in [0.25, 0.3) is 55.6 Å². The molecule has 0 fully saturated rings. The number of hydrogen-bond donors (Lipinski definition) is 0. The molecule has 0 saturated heterocycles. The zero-order chi connectivity index (χ0) is 80.2. The monoisotopic (exact) mass is 1540 g/mol. The highest BCUT2D eigenvalue weighted by atomic mass is 16.5. The van der Waals surface area contributed by atoms with Crippen molar-refractivity contribution in [3.05, 3.63) is 452 Å². The fourth-order valence-electron chi connectivity index (χ4n) is 21.1. The summed E-state index contributed by atoms with van der Waals surface area (Å²) < 4.78 is 8.23. The van der Waals surface area contributed by atoms with Gasteiger partial charge in [-0.3, -0.25) is 0 Å². The third-order valence-electron chi connectivity index (χ3n) is 26.2. The smallest absolute Gasteiger partial charge is 0.256 e. The molecule has 6 aliphatic rings. The molecule has 0 amide bonds. The molecule has 1 spiro atoms. The van der Waals surface area contributed by atoms with E-state index in [1.807, 2.05) is 0 Å². The zero-order valence-corrected chi connectivity index (χ0v) is 67.2. The molecule has 568 valence electrons. The number of rotatable bonds is 11. The number of ether oxygens (including phenoxy) is 1. The number of anilines is 15. The van der Waals surface area contributed by atoms with Gasteiger partial charge in [0.05, 0.1) is 39.5 Å². The molecule has 5 aliphatic heterocycles. The minimum atomic E-state index is -0.942. The lowest BCUT2D eigenvalue weighted by Crippen LogP contribution is -2.62. The minimum Gasteiger partial charge on any atom is -0.458 e. The van der Waals surface area contributed by atoms with Gasteiger partial charge in [0.25, 0.3) is 13.4 Å². The van der Waals surface area contributed by atoms with Gasteiger partial charge in [-0.05, 0) is 184 Å². The molecule has 6 nitrogen and oxygen atoms in total. The molecule has 0 atom stereocenters. The molecule has 0 bridgehead atoms. The van der Waals surface area contributed by atoms with Crippen molar-refractivity contribution in [3.63, 3.8) is 0 Å². The van der Waals surface area contributed by atoms with E-state index in [0.29, 0.717) is 0 Å². The molecule has 8 heteroatoms. The molecule has 18 aromatic carbocycles. The Balaban J connectivity index is 0.828. The lowest BCUT2D eigenvalue weighted by Gasteiger charge is -2.49. The second kappa shape index (κ2) is 27.5. The topological polar surface area (TPSA) is 25.4 Å².